The predicted molar refractivity (Wildman–Crippen MR) is 107 cm³/mol. The van der Waals surface area contributed by atoms with Gasteiger partial charge >= 0.3 is 0 Å². The molecule has 0 radical (unpaired) electrons. The Morgan fingerprint density at radius 1 is 0.926 bits per heavy atom. The van der Waals surface area contributed by atoms with Crippen molar-refractivity contribution in [3.63, 3.8) is 0 Å². The fourth-order valence-electron chi connectivity index (χ4n) is 5.91. The molecule has 1 N–H and O–H groups in total. The number of alkyl halides is 1. The highest BCUT2D eigenvalue weighted by Crippen LogP contribution is 2.64. The van der Waals surface area contributed by atoms with Crippen LogP contribution < -0.4 is 10.1 Å². The summed E-state index contributed by atoms with van der Waals surface area (Å²) in [5, 5.41) is 3.15. The van der Waals surface area contributed by atoms with Crippen molar-refractivity contribution < 1.29 is 9.53 Å². The Labute approximate surface area is 165 Å². The minimum absolute atomic E-state index is 0.144. The average molecular weight is 382 g/mol. The first kappa shape index (κ1) is 17.1. The van der Waals surface area contributed by atoms with E-state index in [1.54, 1.807) is 0 Å². The van der Waals surface area contributed by atoms with E-state index < -0.39 is 0 Å². The molecule has 4 aliphatic rings. The molecule has 140 valence electrons. The lowest BCUT2D eigenvalue weighted by atomic mass is 9.49. The maximum absolute atomic E-state index is 13.2. The van der Waals surface area contributed by atoms with Crippen LogP contribution in [0.4, 0.5) is 5.69 Å². The molecule has 27 heavy (non-hydrogen) atoms. The zero-order valence-corrected chi connectivity index (χ0v) is 16.0. The van der Waals surface area contributed by atoms with Crippen molar-refractivity contribution >= 4 is 23.2 Å². The molecule has 0 saturated heterocycles. The summed E-state index contributed by atoms with van der Waals surface area (Å²) >= 11 is 6.87. The number of halogens is 1. The lowest BCUT2D eigenvalue weighted by Gasteiger charge is -2.59. The second-order valence-electron chi connectivity index (χ2n) is 8.79. The molecule has 2 unspecified atom stereocenters. The number of ether oxygens (including phenoxy) is 1. The van der Waals surface area contributed by atoms with Crippen LogP contribution in [-0.4, -0.2) is 10.8 Å². The summed E-state index contributed by atoms with van der Waals surface area (Å²) < 4.78 is 5.82. The lowest BCUT2D eigenvalue weighted by Crippen LogP contribution is -2.57. The minimum atomic E-state index is -0.273. The highest BCUT2D eigenvalue weighted by molar-refractivity contribution is 6.24. The van der Waals surface area contributed by atoms with Gasteiger partial charge in [-0.3, -0.25) is 4.79 Å². The van der Waals surface area contributed by atoms with Crippen LogP contribution >= 0.6 is 11.6 Å². The molecule has 4 saturated carbocycles. The molecule has 6 rings (SSSR count). The van der Waals surface area contributed by atoms with E-state index in [1.807, 2.05) is 54.6 Å². The molecule has 4 fully saturated rings. The normalized spacial score (nSPS) is 33.7. The molecule has 4 atom stereocenters. The molecule has 1 amide bonds. The summed E-state index contributed by atoms with van der Waals surface area (Å²) in [7, 11) is 0. The summed E-state index contributed by atoms with van der Waals surface area (Å²) in [6, 6.07) is 17.3. The van der Waals surface area contributed by atoms with Gasteiger partial charge in [-0.1, -0.05) is 18.2 Å². The van der Waals surface area contributed by atoms with Gasteiger partial charge in [0.2, 0.25) is 5.91 Å². The summed E-state index contributed by atoms with van der Waals surface area (Å²) in [6.07, 6.45) is 6.26. The van der Waals surface area contributed by atoms with Gasteiger partial charge in [-0.05, 0) is 86.8 Å². The standard InChI is InChI=1S/C23H24ClNO2/c24-23-13-16-10-17(14-23)12-22(11-16,15-23)21(26)25-18-6-8-20(9-7-18)27-19-4-2-1-3-5-19/h1-9,16-17H,10-15H2,(H,25,26)/t16-,17+,22?,23?. The van der Waals surface area contributed by atoms with Crippen LogP contribution in [0.3, 0.4) is 0 Å². The molecule has 4 bridgehead atoms. The van der Waals surface area contributed by atoms with Crippen LogP contribution in [0.5, 0.6) is 11.5 Å². The van der Waals surface area contributed by atoms with Crippen LogP contribution in [0.2, 0.25) is 0 Å². The molecule has 0 spiro atoms. The maximum Gasteiger partial charge on any atom is 0.230 e. The highest BCUT2D eigenvalue weighted by atomic mass is 35.5. The summed E-state index contributed by atoms with van der Waals surface area (Å²) in [5.74, 6) is 2.95. The first-order chi connectivity index (χ1) is 13.0. The minimum Gasteiger partial charge on any atom is -0.457 e. The van der Waals surface area contributed by atoms with E-state index in [9.17, 15) is 4.79 Å². The number of amides is 1. The van der Waals surface area contributed by atoms with Crippen molar-refractivity contribution in [3.8, 4) is 11.5 Å². The van der Waals surface area contributed by atoms with E-state index in [-0.39, 0.29) is 16.2 Å². The number of carbonyl (C=O) groups excluding carboxylic acids is 1. The monoisotopic (exact) mass is 381 g/mol. The molecule has 0 heterocycles. The van der Waals surface area contributed by atoms with Gasteiger partial charge in [-0.15, -0.1) is 11.6 Å². The maximum atomic E-state index is 13.2. The SMILES string of the molecule is O=C(Nc1ccc(Oc2ccccc2)cc1)C12C[C@@H]3C[C@@H](CC(Cl)(C3)C1)C2. The quantitative estimate of drug-likeness (QED) is 0.660. The van der Waals surface area contributed by atoms with Crippen molar-refractivity contribution in [1.82, 2.24) is 0 Å². The number of rotatable bonds is 4. The number of para-hydroxylation sites is 1. The number of carbonyl (C=O) groups is 1. The molecular weight excluding hydrogens is 358 g/mol. The fraction of sp³-hybridized carbons (Fsp3) is 0.435. The first-order valence-electron chi connectivity index (χ1n) is 9.85. The Kier molecular flexibility index (Phi) is 3.98. The van der Waals surface area contributed by atoms with E-state index >= 15 is 0 Å². The van der Waals surface area contributed by atoms with Crippen LogP contribution in [0.15, 0.2) is 54.6 Å². The van der Waals surface area contributed by atoms with Crippen molar-refractivity contribution in [1.29, 1.82) is 0 Å². The van der Waals surface area contributed by atoms with Crippen molar-refractivity contribution in [2.75, 3.05) is 5.32 Å². The lowest BCUT2D eigenvalue weighted by molar-refractivity contribution is -0.138. The van der Waals surface area contributed by atoms with Crippen LogP contribution in [-0.2, 0) is 4.79 Å². The Hall–Kier alpha value is -2.00. The van der Waals surface area contributed by atoms with E-state index in [2.05, 4.69) is 5.32 Å². The molecule has 0 aromatic heterocycles. The third-order valence-electron chi connectivity index (χ3n) is 6.56. The largest absolute Gasteiger partial charge is 0.457 e. The third-order valence-corrected chi connectivity index (χ3v) is 7.00. The van der Waals surface area contributed by atoms with Gasteiger partial charge in [-0.25, -0.2) is 0 Å². The van der Waals surface area contributed by atoms with E-state index in [4.69, 9.17) is 16.3 Å². The molecule has 2 aromatic rings. The van der Waals surface area contributed by atoms with Crippen LogP contribution in [0, 0.1) is 17.3 Å². The number of hydrogen-bond donors (Lipinski definition) is 1. The predicted octanol–water partition coefficient (Wildman–Crippen LogP) is 6.00. The summed E-state index contributed by atoms with van der Waals surface area (Å²) in [5.41, 5.74) is 0.546. The second-order valence-corrected chi connectivity index (χ2v) is 9.59. The van der Waals surface area contributed by atoms with Crippen molar-refractivity contribution in [3.05, 3.63) is 54.6 Å². The van der Waals surface area contributed by atoms with Gasteiger partial charge in [0.25, 0.3) is 0 Å². The average Bonchev–Trinajstić information content (AvgIpc) is 2.62. The Balaban J connectivity index is 1.29. The van der Waals surface area contributed by atoms with Gasteiger partial charge in [0.15, 0.2) is 0 Å². The Bertz CT molecular complexity index is 834. The van der Waals surface area contributed by atoms with E-state index in [1.165, 1.54) is 6.42 Å². The highest BCUT2D eigenvalue weighted by Gasteiger charge is 2.60. The van der Waals surface area contributed by atoms with E-state index in [0.717, 1.165) is 49.3 Å². The molecule has 2 aromatic carbocycles. The summed E-state index contributed by atoms with van der Waals surface area (Å²) in [4.78, 5) is 13.0. The van der Waals surface area contributed by atoms with Gasteiger partial charge in [0.05, 0.1) is 5.41 Å². The number of hydrogen-bond acceptors (Lipinski definition) is 2. The number of anilines is 1. The summed E-state index contributed by atoms with van der Waals surface area (Å²) in [6.45, 7) is 0. The van der Waals surface area contributed by atoms with Gasteiger partial charge in [0.1, 0.15) is 11.5 Å². The number of nitrogens with one attached hydrogen (secondary N) is 1. The molecular formula is C23H24ClNO2. The molecule has 4 aliphatic carbocycles. The Morgan fingerprint density at radius 2 is 1.56 bits per heavy atom. The van der Waals surface area contributed by atoms with Gasteiger partial charge < -0.3 is 10.1 Å². The van der Waals surface area contributed by atoms with Crippen molar-refractivity contribution in [2.45, 2.75) is 43.4 Å². The Morgan fingerprint density at radius 3 is 2.19 bits per heavy atom. The first-order valence-corrected chi connectivity index (χ1v) is 10.2. The zero-order valence-electron chi connectivity index (χ0n) is 15.3. The topological polar surface area (TPSA) is 38.3 Å². The molecule has 3 nitrogen and oxygen atoms in total. The third kappa shape index (κ3) is 3.23. The van der Waals surface area contributed by atoms with Crippen molar-refractivity contribution in [2.24, 2.45) is 17.3 Å². The van der Waals surface area contributed by atoms with Crippen LogP contribution in [0.1, 0.15) is 38.5 Å². The molecule has 4 heteroatoms. The second kappa shape index (κ2) is 6.27. The van der Waals surface area contributed by atoms with E-state index in [0.29, 0.717) is 11.8 Å². The zero-order chi connectivity index (χ0) is 18.5. The van der Waals surface area contributed by atoms with Gasteiger partial charge in [0, 0.05) is 10.6 Å². The fourth-order valence-corrected chi connectivity index (χ4v) is 6.60. The van der Waals surface area contributed by atoms with Gasteiger partial charge in [-0.2, -0.15) is 0 Å². The smallest absolute Gasteiger partial charge is 0.230 e. The number of benzene rings is 2. The van der Waals surface area contributed by atoms with Crippen LogP contribution in [0.25, 0.3) is 0 Å². The molecule has 0 aliphatic heterocycles.